The molecule has 0 aliphatic heterocycles. The molecule has 0 atom stereocenters. The highest BCUT2D eigenvalue weighted by atomic mass is 35.6. The topological polar surface area (TPSA) is 24.7 Å². The van der Waals surface area contributed by atoms with Crippen LogP contribution in [0.2, 0.25) is 0 Å². The third kappa shape index (κ3) is 8.31. The molecule has 5 heteroatoms. The van der Waals surface area contributed by atoms with Crippen molar-refractivity contribution in [1.29, 1.82) is 0 Å². The Hall–Kier alpha value is 0.210. The van der Waals surface area contributed by atoms with Crippen LogP contribution in [-0.2, 0) is 0 Å². The zero-order chi connectivity index (χ0) is 9.78. The molecule has 0 fully saturated rings. The molecule has 0 saturated carbocycles. The Morgan fingerprint density at radius 3 is 1.92 bits per heavy atom. The van der Waals surface area contributed by atoms with E-state index in [4.69, 9.17) is 34.8 Å². The maximum atomic E-state index is 5.54. The standard InChI is InChI=1S/C7H11Cl3N2/c1-5(2)11-12-6(3)4-7(8,9)10/h4H2,1-3H3/b12-6-. The van der Waals surface area contributed by atoms with Crippen LogP contribution in [0.4, 0.5) is 0 Å². The normalized spacial score (nSPS) is 13.0. The lowest BCUT2D eigenvalue weighted by atomic mass is 10.3. The molecule has 70 valence electrons. The van der Waals surface area contributed by atoms with Crippen molar-refractivity contribution in [2.24, 2.45) is 10.2 Å². The molecule has 0 N–H and O–H groups in total. The summed E-state index contributed by atoms with van der Waals surface area (Å²) in [5.41, 5.74) is 1.58. The molecular formula is C7H11Cl3N2. The van der Waals surface area contributed by atoms with Crippen molar-refractivity contribution in [3.8, 4) is 0 Å². The molecule has 0 saturated heterocycles. The van der Waals surface area contributed by atoms with E-state index >= 15 is 0 Å². The fourth-order valence-corrected chi connectivity index (χ4v) is 1.09. The van der Waals surface area contributed by atoms with Gasteiger partial charge in [-0.1, -0.05) is 34.8 Å². The molecule has 0 heterocycles. The number of rotatable bonds is 2. The van der Waals surface area contributed by atoms with Crippen molar-refractivity contribution in [3.05, 3.63) is 0 Å². The van der Waals surface area contributed by atoms with Gasteiger partial charge in [-0.25, -0.2) is 0 Å². The Bertz CT molecular complexity index is 199. The summed E-state index contributed by atoms with van der Waals surface area (Å²) in [5.74, 6) is 0. The van der Waals surface area contributed by atoms with Gasteiger partial charge < -0.3 is 0 Å². The van der Waals surface area contributed by atoms with Gasteiger partial charge in [0.05, 0.1) is 0 Å². The summed E-state index contributed by atoms with van der Waals surface area (Å²) in [7, 11) is 0. The summed E-state index contributed by atoms with van der Waals surface area (Å²) in [4.78, 5) is 0. The second kappa shape index (κ2) is 5.05. The van der Waals surface area contributed by atoms with Crippen molar-refractivity contribution >= 4 is 46.2 Å². The van der Waals surface area contributed by atoms with Crippen LogP contribution in [0, 0.1) is 0 Å². The van der Waals surface area contributed by atoms with Crippen molar-refractivity contribution < 1.29 is 0 Å². The van der Waals surface area contributed by atoms with E-state index in [0.717, 1.165) is 5.71 Å². The Kier molecular flexibility index (Phi) is 5.14. The molecule has 0 aliphatic carbocycles. The monoisotopic (exact) mass is 228 g/mol. The molecular weight excluding hydrogens is 218 g/mol. The average Bonchev–Trinajstić information content (AvgIpc) is 1.79. The van der Waals surface area contributed by atoms with Crippen LogP contribution in [-0.4, -0.2) is 15.2 Å². The van der Waals surface area contributed by atoms with E-state index in [-0.39, 0.29) is 0 Å². The Morgan fingerprint density at radius 1 is 1.08 bits per heavy atom. The maximum Gasteiger partial charge on any atom is 0.195 e. The molecule has 0 aromatic rings. The van der Waals surface area contributed by atoms with Gasteiger partial charge in [-0.05, 0) is 20.8 Å². The number of alkyl halides is 3. The highest BCUT2D eigenvalue weighted by Crippen LogP contribution is 2.30. The molecule has 0 aromatic carbocycles. The van der Waals surface area contributed by atoms with Gasteiger partial charge in [0, 0.05) is 17.8 Å². The van der Waals surface area contributed by atoms with Crippen molar-refractivity contribution in [2.75, 3.05) is 0 Å². The summed E-state index contributed by atoms with van der Waals surface area (Å²) in [6.07, 6.45) is 0.300. The summed E-state index contributed by atoms with van der Waals surface area (Å²) in [5, 5.41) is 7.70. The third-order valence-corrected chi connectivity index (χ3v) is 1.28. The molecule has 0 rings (SSSR count). The Morgan fingerprint density at radius 2 is 1.58 bits per heavy atom. The van der Waals surface area contributed by atoms with Crippen LogP contribution in [0.25, 0.3) is 0 Å². The predicted octanol–water partition coefficient (Wildman–Crippen LogP) is 3.60. The zero-order valence-electron chi connectivity index (χ0n) is 7.24. The summed E-state index contributed by atoms with van der Waals surface area (Å²) in [6, 6.07) is 0. The van der Waals surface area contributed by atoms with E-state index < -0.39 is 3.79 Å². The lowest BCUT2D eigenvalue weighted by Crippen LogP contribution is -2.08. The van der Waals surface area contributed by atoms with E-state index in [1.807, 2.05) is 13.8 Å². The fourth-order valence-electron chi connectivity index (χ4n) is 0.511. The molecule has 12 heavy (non-hydrogen) atoms. The molecule has 0 spiro atoms. The van der Waals surface area contributed by atoms with Gasteiger partial charge in [0.1, 0.15) is 0 Å². The van der Waals surface area contributed by atoms with Gasteiger partial charge in [-0.15, -0.1) is 0 Å². The SMILES string of the molecule is CC(C)=N/N=C(/C)CC(Cl)(Cl)Cl. The first-order valence-electron chi connectivity index (χ1n) is 3.42. The number of nitrogens with zero attached hydrogens (tertiary/aromatic N) is 2. The lowest BCUT2D eigenvalue weighted by molar-refractivity contribution is 1.08. The summed E-state index contributed by atoms with van der Waals surface area (Å²) >= 11 is 16.6. The van der Waals surface area contributed by atoms with Gasteiger partial charge in [0.15, 0.2) is 3.79 Å². The van der Waals surface area contributed by atoms with Gasteiger partial charge in [-0.2, -0.15) is 10.2 Å². The van der Waals surface area contributed by atoms with Gasteiger partial charge in [0.25, 0.3) is 0 Å². The fraction of sp³-hybridized carbons (Fsp3) is 0.714. The minimum absolute atomic E-state index is 0.300. The molecule has 0 amide bonds. The van der Waals surface area contributed by atoms with Crippen LogP contribution in [0.5, 0.6) is 0 Å². The van der Waals surface area contributed by atoms with Gasteiger partial charge in [-0.3, -0.25) is 0 Å². The highest BCUT2D eigenvalue weighted by Gasteiger charge is 2.20. The summed E-state index contributed by atoms with van der Waals surface area (Å²) in [6.45, 7) is 5.48. The minimum Gasteiger partial charge on any atom is -0.161 e. The van der Waals surface area contributed by atoms with E-state index in [1.54, 1.807) is 6.92 Å². The van der Waals surface area contributed by atoms with E-state index in [0.29, 0.717) is 12.1 Å². The quantitative estimate of drug-likeness (QED) is 0.393. The number of hydrogen-bond donors (Lipinski definition) is 0. The first-order valence-corrected chi connectivity index (χ1v) is 4.56. The largest absolute Gasteiger partial charge is 0.195 e. The van der Waals surface area contributed by atoms with E-state index in [1.165, 1.54) is 0 Å². The highest BCUT2D eigenvalue weighted by molar-refractivity contribution is 6.68. The zero-order valence-corrected chi connectivity index (χ0v) is 9.50. The molecule has 0 aromatic heterocycles. The lowest BCUT2D eigenvalue weighted by Gasteiger charge is -2.08. The van der Waals surface area contributed by atoms with E-state index in [9.17, 15) is 0 Å². The van der Waals surface area contributed by atoms with Crippen LogP contribution >= 0.6 is 34.8 Å². The predicted molar refractivity (Wildman–Crippen MR) is 56.8 cm³/mol. The summed E-state index contributed by atoms with van der Waals surface area (Å²) < 4.78 is -1.27. The second-order valence-corrected chi connectivity index (χ2v) is 5.19. The van der Waals surface area contributed by atoms with Crippen molar-refractivity contribution in [1.82, 2.24) is 0 Å². The third-order valence-electron chi connectivity index (χ3n) is 0.877. The van der Waals surface area contributed by atoms with Gasteiger partial charge >= 0.3 is 0 Å². The average molecular weight is 230 g/mol. The molecule has 2 nitrogen and oxygen atoms in total. The van der Waals surface area contributed by atoms with Crippen molar-refractivity contribution in [2.45, 2.75) is 31.0 Å². The number of halogens is 3. The Balaban J connectivity index is 4.13. The van der Waals surface area contributed by atoms with E-state index in [2.05, 4.69) is 10.2 Å². The molecule has 0 radical (unpaired) electrons. The van der Waals surface area contributed by atoms with Gasteiger partial charge in [0.2, 0.25) is 0 Å². The van der Waals surface area contributed by atoms with Crippen LogP contribution < -0.4 is 0 Å². The first kappa shape index (κ1) is 12.2. The van der Waals surface area contributed by atoms with Crippen molar-refractivity contribution in [3.63, 3.8) is 0 Å². The minimum atomic E-state index is -1.27. The van der Waals surface area contributed by atoms with Crippen LogP contribution in [0.3, 0.4) is 0 Å². The van der Waals surface area contributed by atoms with Crippen LogP contribution in [0.15, 0.2) is 10.2 Å². The molecule has 0 unspecified atom stereocenters. The number of hydrogen-bond acceptors (Lipinski definition) is 2. The smallest absolute Gasteiger partial charge is 0.161 e. The maximum absolute atomic E-state index is 5.54. The second-order valence-electron chi connectivity index (χ2n) is 2.67. The Labute approximate surface area is 87.6 Å². The first-order chi connectivity index (χ1) is 5.31. The molecule has 0 bridgehead atoms. The molecule has 0 aliphatic rings. The van der Waals surface area contributed by atoms with Crippen LogP contribution in [0.1, 0.15) is 27.2 Å².